The van der Waals surface area contributed by atoms with E-state index in [4.69, 9.17) is 5.73 Å². The van der Waals surface area contributed by atoms with E-state index in [1.165, 1.54) is 37.8 Å². The van der Waals surface area contributed by atoms with Crippen LogP contribution < -0.4 is 5.73 Å². The monoisotopic (exact) mass is 299 g/mol. The van der Waals surface area contributed by atoms with Crippen molar-refractivity contribution in [3.05, 3.63) is 15.9 Å². The molecule has 0 bridgehead atoms. The molecule has 2 N–H and O–H groups in total. The Kier molecular flexibility index (Phi) is 4.26. The Bertz CT molecular complexity index is 386. The van der Waals surface area contributed by atoms with Crippen LogP contribution >= 0.6 is 15.9 Å². The molecule has 0 radical (unpaired) electrons. The van der Waals surface area contributed by atoms with Crippen LogP contribution in [0.3, 0.4) is 0 Å². The SMILES string of the molecule is Cc1nn(C)c(CC2CCCCCC2N)c1Br. The van der Waals surface area contributed by atoms with Crippen LogP contribution in [0, 0.1) is 12.8 Å². The zero-order valence-corrected chi connectivity index (χ0v) is 12.3. The molecule has 2 rings (SSSR count). The molecule has 3 nitrogen and oxygen atoms in total. The molecule has 17 heavy (non-hydrogen) atoms. The van der Waals surface area contributed by atoms with E-state index in [-0.39, 0.29) is 0 Å². The summed E-state index contributed by atoms with van der Waals surface area (Å²) < 4.78 is 3.16. The van der Waals surface area contributed by atoms with Crippen LogP contribution in [0.2, 0.25) is 0 Å². The van der Waals surface area contributed by atoms with Gasteiger partial charge in [-0.3, -0.25) is 4.68 Å². The van der Waals surface area contributed by atoms with E-state index in [1.807, 2.05) is 18.7 Å². The van der Waals surface area contributed by atoms with E-state index >= 15 is 0 Å². The summed E-state index contributed by atoms with van der Waals surface area (Å²) in [5.74, 6) is 0.614. The molecule has 1 heterocycles. The normalized spacial score (nSPS) is 25.9. The number of halogens is 1. The van der Waals surface area contributed by atoms with E-state index in [1.54, 1.807) is 0 Å². The highest BCUT2D eigenvalue weighted by atomic mass is 79.9. The molecule has 0 saturated heterocycles. The minimum Gasteiger partial charge on any atom is -0.327 e. The highest BCUT2D eigenvalue weighted by molar-refractivity contribution is 9.10. The van der Waals surface area contributed by atoms with Crippen LogP contribution in [0.25, 0.3) is 0 Å². The number of hydrogen-bond donors (Lipinski definition) is 1. The van der Waals surface area contributed by atoms with Crippen LogP contribution in [0.4, 0.5) is 0 Å². The van der Waals surface area contributed by atoms with Crippen molar-refractivity contribution in [3.8, 4) is 0 Å². The Morgan fingerprint density at radius 2 is 2.06 bits per heavy atom. The quantitative estimate of drug-likeness (QED) is 0.853. The number of nitrogens with zero attached hydrogens (tertiary/aromatic N) is 2. The molecule has 0 aliphatic heterocycles. The smallest absolute Gasteiger partial charge is 0.0738 e. The fraction of sp³-hybridized carbons (Fsp3) is 0.769. The zero-order valence-electron chi connectivity index (χ0n) is 10.7. The summed E-state index contributed by atoms with van der Waals surface area (Å²) in [7, 11) is 2.02. The fourth-order valence-corrected chi connectivity index (χ4v) is 3.31. The molecule has 1 aromatic heterocycles. The standard InChI is InChI=1S/C13H22BrN3/c1-9-13(14)12(17(2)16-9)8-10-6-4-3-5-7-11(10)15/h10-11H,3-8,15H2,1-2H3. The molecule has 0 aromatic carbocycles. The lowest BCUT2D eigenvalue weighted by atomic mass is 9.91. The van der Waals surface area contributed by atoms with E-state index < -0.39 is 0 Å². The minimum atomic E-state index is 0.361. The first kappa shape index (κ1) is 13.1. The lowest BCUT2D eigenvalue weighted by Crippen LogP contribution is -2.31. The number of rotatable bonds is 2. The zero-order chi connectivity index (χ0) is 12.4. The molecule has 1 aromatic rings. The fourth-order valence-electron chi connectivity index (χ4n) is 2.82. The molecule has 1 aliphatic carbocycles. The molecule has 0 spiro atoms. The summed E-state index contributed by atoms with van der Waals surface area (Å²) in [4.78, 5) is 0. The average Bonchev–Trinajstić information content (AvgIpc) is 2.45. The molecular formula is C13H22BrN3. The number of aryl methyl sites for hydroxylation is 2. The van der Waals surface area contributed by atoms with Crippen molar-refractivity contribution in [2.75, 3.05) is 0 Å². The average molecular weight is 300 g/mol. The van der Waals surface area contributed by atoms with Gasteiger partial charge in [-0.2, -0.15) is 5.10 Å². The van der Waals surface area contributed by atoms with Crippen molar-refractivity contribution in [1.82, 2.24) is 9.78 Å². The second-order valence-electron chi connectivity index (χ2n) is 5.24. The molecule has 2 atom stereocenters. The van der Waals surface area contributed by atoms with Gasteiger partial charge in [0.25, 0.3) is 0 Å². The minimum absolute atomic E-state index is 0.361. The van der Waals surface area contributed by atoms with Crippen LogP contribution in [-0.4, -0.2) is 15.8 Å². The lowest BCUT2D eigenvalue weighted by Gasteiger charge is -2.21. The first-order valence-corrected chi connectivity index (χ1v) is 7.32. The van der Waals surface area contributed by atoms with Crippen molar-refractivity contribution in [3.63, 3.8) is 0 Å². The highest BCUT2D eigenvalue weighted by Gasteiger charge is 2.23. The second-order valence-corrected chi connectivity index (χ2v) is 6.03. The van der Waals surface area contributed by atoms with Gasteiger partial charge in [0.05, 0.1) is 15.9 Å². The third-order valence-electron chi connectivity index (χ3n) is 3.94. The Morgan fingerprint density at radius 3 is 2.71 bits per heavy atom. The maximum Gasteiger partial charge on any atom is 0.0738 e. The van der Waals surface area contributed by atoms with Gasteiger partial charge >= 0.3 is 0 Å². The van der Waals surface area contributed by atoms with Gasteiger partial charge in [0.2, 0.25) is 0 Å². The molecule has 4 heteroatoms. The number of hydrogen-bond acceptors (Lipinski definition) is 2. The van der Waals surface area contributed by atoms with E-state index in [2.05, 4.69) is 21.0 Å². The summed E-state index contributed by atoms with van der Waals surface area (Å²) in [5, 5.41) is 4.45. The van der Waals surface area contributed by atoms with Crippen molar-refractivity contribution < 1.29 is 0 Å². The van der Waals surface area contributed by atoms with E-state index in [9.17, 15) is 0 Å². The Balaban J connectivity index is 2.13. The largest absolute Gasteiger partial charge is 0.327 e. The maximum absolute atomic E-state index is 6.29. The highest BCUT2D eigenvalue weighted by Crippen LogP contribution is 2.29. The van der Waals surface area contributed by atoms with Gasteiger partial charge in [-0.05, 0) is 48.0 Å². The van der Waals surface area contributed by atoms with Crippen molar-refractivity contribution in [1.29, 1.82) is 0 Å². The van der Waals surface area contributed by atoms with Gasteiger partial charge in [-0.15, -0.1) is 0 Å². The Morgan fingerprint density at radius 1 is 1.35 bits per heavy atom. The third kappa shape index (κ3) is 2.91. The predicted octanol–water partition coefficient (Wildman–Crippen LogP) is 2.94. The van der Waals surface area contributed by atoms with Gasteiger partial charge in [0.15, 0.2) is 0 Å². The van der Waals surface area contributed by atoms with Gasteiger partial charge in [0.1, 0.15) is 0 Å². The topological polar surface area (TPSA) is 43.8 Å². The van der Waals surface area contributed by atoms with Crippen molar-refractivity contribution in [2.45, 2.75) is 51.5 Å². The molecule has 1 saturated carbocycles. The summed E-state index contributed by atoms with van der Waals surface area (Å²) in [6.07, 6.45) is 7.46. The van der Waals surface area contributed by atoms with Crippen LogP contribution in [0.15, 0.2) is 4.47 Å². The Labute approximate surface area is 112 Å². The predicted molar refractivity (Wildman–Crippen MR) is 73.9 cm³/mol. The molecule has 96 valence electrons. The summed E-state index contributed by atoms with van der Waals surface area (Å²) >= 11 is 3.64. The lowest BCUT2D eigenvalue weighted by molar-refractivity contribution is 0.386. The molecule has 1 aliphatic rings. The van der Waals surface area contributed by atoms with Crippen molar-refractivity contribution >= 4 is 15.9 Å². The van der Waals surface area contributed by atoms with Gasteiger partial charge in [-0.1, -0.05) is 19.3 Å². The van der Waals surface area contributed by atoms with Gasteiger partial charge in [-0.25, -0.2) is 0 Å². The second kappa shape index (κ2) is 5.53. The third-order valence-corrected chi connectivity index (χ3v) is 4.97. The van der Waals surface area contributed by atoms with Crippen LogP contribution in [0.1, 0.15) is 43.5 Å². The van der Waals surface area contributed by atoms with E-state index in [0.717, 1.165) is 16.6 Å². The number of nitrogens with two attached hydrogens (primary N) is 1. The maximum atomic E-state index is 6.29. The van der Waals surface area contributed by atoms with E-state index in [0.29, 0.717) is 12.0 Å². The molecule has 0 amide bonds. The van der Waals surface area contributed by atoms with Crippen molar-refractivity contribution in [2.24, 2.45) is 18.7 Å². The molecule has 2 unspecified atom stereocenters. The van der Waals surface area contributed by atoms with Gasteiger partial charge in [0, 0.05) is 13.1 Å². The summed E-state index contributed by atoms with van der Waals surface area (Å²) in [6, 6.07) is 0.361. The first-order valence-electron chi connectivity index (χ1n) is 6.53. The molecular weight excluding hydrogens is 278 g/mol. The Hall–Kier alpha value is -0.350. The molecule has 1 fully saturated rings. The van der Waals surface area contributed by atoms with Crippen LogP contribution in [0.5, 0.6) is 0 Å². The van der Waals surface area contributed by atoms with Crippen LogP contribution in [-0.2, 0) is 13.5 Å². The van der Waals surface area contributed by atoms with Gasteiger partial charge < -0.3 is 5.73 Å². The first-order chi connectivity index (χ1) is 8.09. The number of aromatic nitrogens is 2. The summed E-state index contributed by atoms with van der Waals surface area (Å²) in [5.41, 5.74) is 8.66. The summed E-state index contributed by atoms with van der Waals surface area (Å²) in [6.45, 7) is 2.04.